The molecule has 2 radical (unpaired) electrons. The van der Waals surface area contributed by atoms with Crippen molar-refractivity contribution in [3.8, 4) is 0 Å². The van der Waals surface area contributed by atoms with Gasteiger partial charge in [0.25, 0.3) is 0 Å². The third-order valence-corrected chi connectivity index (χ3v) is 13.4. The van der Waals surface area contributed by atoms with Crippen molar-refractivity contribution in [3.05, 3.63) is 13.8 Å². The van der Waals surface area contributed by atoms with E-state index in [1.165, 1.54) is 218 Å². The third kappa shape index (κ3) is 26.4. The molecule has 0 heterocycles. The van der Waals surface area contributed by atoms with Crippen LogP contribution in [-0.4, -0.2) is 0 Å². The maximum Gasteiger partial charge on any atom is -0.0383 e. The van der Waals surface area contributed by atoms with Crippen molar-refractivity contribution in [3.63, 3.8) is 0 Å². The number of rotatable bonds is 36. The van der Waals surface area contributed by atoms with Crippen LogP contribution in [0, 0.1) is 37.5 Å². The largest absolute Gasteiger partial charge is 0.0533 e. The van der Waals surface area contributed by atoms with Crippen LogP contribution < -0.4 is 0 Å². The van der Waals surface area contributed by atoms with E-state index >= 15 is 0 Å². The molecule has 2 fully saturated rings. The molecule has 2 unspecified atom stereocenters. The Morgan fingerprint density at radius 1 is 0.286 bits per heavy atom. The van der Waals surface area contributed by atoms with E-state index in [4.69, 9.17) is 0 Å². The molecule has 0 bridgehead atoms. The van der Waals surface area contributed by atoms with E-state index in [0.717, 1.165) is 36.5 Å². The van der Waals surface area contributed by atoms with E-state index in [2.05, 4.69) is 13.8 Å². The SMILES string of the molecule is [CH2]CCCCCCCCCCCCCCCCC(CC(CCCCCCCCCCCCCCCC[CH2])C1CCCCC1)C1CCCCC1. The van der Waals surface area contributed by atoms with Crippen LogP contribution in [0.15, 0.2) is 0 Å². The van der Waals surface area contributed by atoms with E-state index in [9.17, 15) is 0 Å². The summed E-state index contributed by atoms with van der Waals surface area (Å²) in [7, 11) is 0. The van der Waals surface area contributed by atoms with E-state index in [-0.39, 0.29) is 0 Å². The summed E-state index contributed by atoms with van der Waals surface area (Å²) >= 11 is 0. The lowest BCUT2D eigenvalue weighted by Crippen LogP contribution is -2.26. The minimum absolute atomic E-state index is 1.06. The van der Waals surface area contributed by atoms with Crippen molar-refractivity contribution in [1.82, 2.24) is 0 Å². The summed E-state index contributed by atoms with van der Waals surface area (Å²) in [6.45, 7) is 7.94. The zero-order valence-corrected chi connectivity index (χ0v) is 34.1. The molecule has 0 aliphatic heterocycles. The van der Waals surface area contributed by atoms with Gasteiger partial charge in [0.05, 0.1) is 0 Å². The fourth-order valence-electron chi connectivity index (χ4n) is 10.1. The molecule has 0 aromatic carbocycles. The Bertz CT molecular complexity index is 570. The molecular formula is C49H94. The van der Waals surface area contributed by atoms with Gasteiger partial charge in [-0.25, -0.2) is 0 Å². The van der Waals surface area contributed by atoms with Gasteiger partial charge in [0.1, 0.15) is 0 Å². The summed E-state index contributed by atoms with van der Waals surface area (Å²) in [4.78, 5) is 0. The highest BCUT2D eigenvalue weighted by molar-refractivity contribution is 4.81. The molecule has 0 nitrogen and oxygen atoms in total. The molecule has 2 saturated carbocycles. The minimum atomic E-state index is 1.06. The lowest BCUT2D eigenvalue weighted by molar-refractivity contribution is 0.142. The number of hydrogen-bond acceptors (Lipinski definition) is 0. The number of unbranched alkanes of at least 4 members (excludes halogenated alkanes) is 28. The summed E-state index contributed by atoms with van der Waals surface area (Å²) in [5.41, 5.74) is 0. The second kappa shape index (κ2) is 35.1. The van der Waals surface area contributed by atoms with E-state index in [0.29, 0.717) is 0 Å². The van der Waals surface area contributed by atoms with Gasteiger partial charge < -0.3 is 0 Å². The highest BCUT2D eigenvalue weighted by atomic mass is 14.4. The second-order valence-electron chi connectivity index (χ2n) is 17.7. The van der Waals surface area contributed by atoms with Crippen molar-refractivity contribution < 1.29 is 0 Å². The van der Waals surface area contributed by atoms with Gasteiger partial charge in [0.15, 0.2) is 0 Å². The fraction of sp³-hybridized carbons (Fsp3) is 0.959. The van der Waals surface area contributed by atoms with Crippen LogP contribution >= 0.6 is 0 Å². The monoisotopic (exact) mass is 683 g/mol. The zero-order chi connectivity index (χ0) is 34.7. The van der Waals surface area contributed by atoms with Gasteiger partial charge in [0.2, 0.25) is 0 Å². The minimum Gasteiger partial charge on any atom is -0.0533 e. The topological polar surface area (TPSA) is 0 Å². The molecule has 0 spiro atoms. The summed E-state index contributed by atoms with van der Waals surface area (Å²) in [5, 5.41) is 0. The summed E-state index contributed by atoms with van der Waals surface area (Å²) in [6, 6.07) is 0. The molecule has 2 atom stereocenters. The highest BCUT2D eigenvalue weighted by Crippen LogP contribution is 2.42. The Balaban J connectivity index is 1.59. The first kappa shape index (κ1) is 45.2. The summed E-state index contributed by atoms with van der Waals surface area (Å²) in [5.74, 6) is 4.25. The summed E-state index contributed by atoms with van der Waals surface area (Å²) < 4.78 is 0. The fourth-order valence-corrected chi connectivity index (χ4v) is 10.1. The van der Waals surface area contributed by atoms with Crippen LogP contribution in [-0.2, 0) is 0 Å². The molecule has 2 aliphatic rings. The maximum atomic E-state index is 3.97. The molecule has 2 aliphatic carbocycles. The average molecular weight is 683 g/mol. The van der Waals surface area contributed by atoms with Crippen molar-refractivity contribution in [2.75, 3.05) is 0 Å². The van der Waals surface area contributed by atoms with Crippen molar-refractivity contribution in [1.29, 1.82) is 0 Å². The van der Waals surface area contributed by atoms with Gasteiger partial charge >= 0.3 is 0 Å². The van der Waals surface area contributed by atoms with Crippen LogP contribution in [0.2, 0.25) is 0 Å². The van der Waals surface area contributed by atoms with Crippen LogP contribution in [0.5, 0.6) is 0 Å². The van der Waals surface area contributed by atoms with Gasteiger partial charge in [-0.3, -0.25) is 0 Å². The molecular weight excluding hydrogens is 589 g/mol. The Kier molecular flexibility index (Phi) is 32.3. The van der Waals surface area contributed by atoms with E-state index in [1.807, 2.05) is 0 Å². The quantitative estimate of drug-likeness (QED) is 0.0577. The van der Waals surface area contributed by atoms with E-state index < -0.39 is 0 Å². The number of hydrogen-bond donors (Lipinski definition) is 0. The predicted molar refractivity (Wildman–Crippen MR) is 223 cm³/mol. The molecule has 290 valence electrons. The van der Waals surface area contributed by atoms with Crippen LogP contribution in [0.25, 0.3) is 0 Å². The maximum absolute atomic E-state index is 3.97. The first-order chi connectivity index (χ1) is 24.3. The zero-order valence-electron chi connectivity index (χ0n) is 34.1. The average Bonchev–Trinajstić information content (AvgIpc) is 3.14. The molecule has 0 saturated heterocycles. The van der Waals surface area contributed by atoms with Gasteiger partial charge in [-0.1, -0.05) is 284 Å². The molecule has 49 heavy (non-hydrogen) atoms. The predicted octanol–water partition coefficient (Wildman–Crippen LogP) is 17.9. The van der Waals surface area contributed by atoms with Gasteiger partial charge in [-0.2, -0.15) is 0 Å². The van der Waals surface area contributed by atoms with Gasteiger partial charge in [-0.15, -0.1) is 0 Å². The lowest BCUT2D eigenvalue weighted by atomic mass is 9.69. The molecule has 0 amide bonds. The Morgan fingerprint density at radius 2 is 0.510 bits per heavy atom. The Hall–Kier alpha value is 0. The van der Waals surface area contributed by atoms with Crippen LogP contribution in [0.1, 0.15) is 276 Å². The van der Waals surface area contributed by atoms with Gasteiger partial charge in [0, 0.05) is 0 Å². The molecule has 0 N–H and O–H groups in total. The highest BCUT2D eigenvalue weighted by Gasteiger charge is 2.30. The second-order valence-corrected chi connectivity index (χ2v) is 17.7. The first-order valence-electron chi connectivity index (χ1n) is 23.9. The van der Waals surface area contributed by atoms with Crippen LogP contribution in [0.3, 0.4) is 0 Å². The lowest BCUT2D eigenvalue weighted by Gasteiger charge is -2.37. The van der Waals surface area contributed by atoms with Crippen molar-refractivity contribution >= 4 is 0 Å². The van der Waals surface area contributed by atoms with Crippen molar-refractivity contribution in [2.45, 2.75) is 276 Å². The molecule has 0 heteroatoms. The third-order valence-electron chi connectivity index (χ3n) is 13.4. The normalized spacial score (nSPS) is 17.5. The molecule has 0 aromatic rings. The Labute approximate surface area is 312 Å². The standard InChI is InChI=1S/C49H94/c1-3-5-7-9-11-13-15-17-19-21-23-25-27-29-33-43-48(46-39-35-31-36-40-46)45-49(47-41-37-32-38-42-47)44-34-30-28-26-24-22-20-18-16-14-12-10-8-6-4-2/h46-49H,1-45H2. The Morgan fingerprint density at radius 3 is 0.755 bits per heavy atom. The smallest absolute Gasteiger partial charge is 0.0383 e. The molecule has 0 aromatic heterocycles. The van der Waals surface area contributed by atoms with Crippen molar-refractivity contribution in [2.24, 2.45) is 23.7 Å². The van der Waals surface area contributed by atoms with Gasteiger partial charge in [-0.05, 0) is 30.1 Å². The first-order valence-corrected chi connectivity index (χ1v) is 23.9. The summed E-state index contributed by atoms with van der Waals surface area (Å²) in [6.07, 6.45) is 63.6. The van der Waals surface area contributed by atoms with E-state index in [1.54, 1.807) is 44.9 Å². The molecule has 2 rings (SSSR count). The van der Waals surface area contributed by atoms with Crippen LogP contribution in [0.4, 0.5) is 0 Å².